The van der Waals surface area contributed by atoms with Crippen molar-refractivity contribution in [3.63, 3.8) is 0 Å². The Morgan fingerprint density at radius 1 is 1.47 bits per heavy atom. The topological polar surface area (TPSA) is 50.9 Å². The van der Waals surface area contributed by atoms with E-state index in [-0.39, 0.29) is 0 Å². The Labute approximate surface area is 105 Å². The molecule has 0 aliphatic carbocycles. The molecule has 90 valence electrons. The smallest absolute Gasteiger partial charge is 0.138 e. The maximum atomic E-state index is 10.1. The van der Waals surface area contributed by atoms with Crippen molar-refractivity contribution < 1.29 is 5.11 Å². The van der Waals surface area contributed by atoms with E-state index < -0.39 is 6.10 Å². The van der Waals surface area contributed by atoms with E-state index in [2.05, 4.69) is 10.1 Å². The molecule has 1 atom stereocenters. The van der Waals surface area contributed by atoms with Crippen molar-refractivity contribution in [1.29, 1.82) is 0 Å². The summed E-state index contributed by atoms with van der Waals surface area (Å²) in [5.74, 6) is 0.731. The first-order valence-electron chi connectivity index (χ1n) is 5.35. The van der Waals surface area contributed by atoms with Gasteiger partial charge in [0, 0.05) is 18.5 Å². The highest BCUT2D eigenvalue weighted by Gasteiger charge is 2.14. The second kappa shape index (κ2) is 4.85. The maximum absolute atomic E-state index is 10.1. The molecule has 0 spiro atoms. The molecule has 0 bridgehead atoms. The fraction of sp³-hybridized carbons (Fsp3) is 0.333. The average molecular weight is 252 g/mol. The third-order valence-electron chi connectivity index (χ3n) is 2.70. The Balaban J connectivity index is 2.20. The van der Waals surface area contributed by atoms with Gasteiger partial charge in [0.2, 0.25) is 0 Å². The number of benzene rings is 1. The van der Waals surface area contributed by atoms with Crippen LogP contribution in [0.1, 0.15) is 23.1 Å². The molecule has 4 nitrogen and oxygen atoms in total. The Bertz CT molecular complexity index is 524. The molecule has 0 aliphatic rings. The van der Waals surface area contributed by atoms with Gasteiger partial charge < -0.3 is 5.11 Å². The molecule has 0 saturated carbocycles. The monoisotopic (exact) mass is 251 g/mol. The highest BCUT2D eigenvalue weighted by atomic mass is 35.5. The van der Waals surface area contributed by atoms with E-state index in [9.17, 15) is 5.11 Å². The number of nitrogens with zero attached hydrogens (tertiary/aromatic N) is 3. The predicted octanol–water partition coefficient (Wildman–Crippen LogP) is 2.05. The molecule has 2 rings (SSSR count). The van der Waals surface area contributed by atoms with E-state index in [4.69, 9.17) is 11.6 Å². The molecule has 1 unspecified atom stereocenters. The van der Waals surface area contributed by atoms with E-state index >= 15 is 0 Å². The van der Waals surface area contributed by atoms with Gasteiger partial charge in [-0.1, -0.05) is 23.7 Å². The van der Waals surface area contributed by atoms with Crippen molar-refractivity contribution in [2.45, 2.75) is 19.4 Å². The van der Waals surface area contributed by atoms with E-state index in [0.717, 1.165) is 17.0 Å². The lowest BCUT2D eigenvalue weighted by Gasteiger charge is -2.12. The normalized spacial score (nSPS) is 12.7. The lowest BCUT2D eigenvalue weighted by Crippen LogP contribution is -2.08. The quantitative estimate of drug-likeness (QED) is 0.908. The van der Waals surface area contributed by atoms with Crippen LogP contribution in [-0.4, -0.2) is 19.9 Å². The predicted molar refractivity (Wildman–Crippen MR) is 65.9 cm³/mol. The zero-order valence-electron chi connectivity index (χ0n) is 9.76. The van der Waals surface area contributed by atoms with Crippen LogP contribution in [-0.2, 0) is 13.5 Å². The Morgan fingerprint density at radius 2 is 2.24 bits per heavy atom. The molecule has 0 fully saturated rings. The van der Waals surface area contributed by atoms with Gasteiger partial charge in [0.05, 0.1) is 6.10 Å². The first-order chi connectivity index (χ1) is 8.08. The van der Waals surface area contributed by atoms with E-state index in [1.54, 1.807) is 11.7 Å². The summed E-state index contributed by atoms with van der Waals surface area (Å²) in [6.45, 7) is 1.96. The lowest BCUT2D eigenvalue weighted by molar-refractivity contribution is 0.174. The standard InChI is InChI=1S/C12H14ClN3O/c1-8-3-4-9(10(13)5-8)11(17)6-12-14-7-15-16(12)2/h3-5,7,11,17H,6H2,1-2H3. The van der Waals surface area contributed by atoms with Gasteiger partial charge in [0.25, 0.3) is 0 Å². The molecule has 5 heteroatoms. The largest absolute Gasteiger partial charge is 0.388 e. The second-order valence-electron chi connectivity index (χ2n) is 4.04. The number of aryl methyl sites for hydroxylation is 2. The van der Waals surface area contributed by atoms with Crippen LogP contribution in [0.25, 0.3) is 0 Å². The number of aromatic nitrogens is 3. The minimum Gasteiger partial charge on any atom is -0.388 e. The first-order valence-corrected chi connectivity index (χ1v) is 5.72. The van der Waals surface area contributed by atoms with Crippen molar-refractivity contribution in [2.24, 2.45) is 7.05 Å². The SMILES string of the molecule is Cc1ccc(C(O)Cc2ncnn2C)c(Cl)c1. The van der Waals surface area contributed by atoms with Crippen LogP contribution in [0.3, 0.4) is 0 Å². The molecule has 0 amide bonds. The number of hydrogen-bond donors (Lipinski definition) is 1. The highest BCUT2D eigenvalue weighted by Crippen LogP contribution is 2.26. The number of rotatable bonds is 3. The van der Waals surface area contributed by atoms with Crippen LogP contribution >= 0.6 is 11.6 Å². The molecule has 2 aromatic rings. The van der Waals surface area contributed by atoms with E-state index in [0.29, 0.717) is 11.4 Å². The Morgan fingerprint density at radius 3 is 2.82 bits per heavy atom. The van der Waals surface area contributed by atoms with Crippen LogP contribution in [0.5, 0.6) is 0 Å². The van der Waals surface area contributed by atoms with Gasteiger partial charge in [0.1, 0.15) is 12.2 Å². The summed E-state index contributed by atoms with van der Waals surface area (Å²) in [5.41, 5.74) is 1.80. The average Bonchev–Trinajstić information content (AvgIpc) is 2.64. The van der Waals surface area contributed by atoms with Crippen molar-refractivity contribution in [1.82, 2.24) is 14.8 Å². The molecule has 1 heterocycles. The van der Waals surface area contributed by atoms with Crippen molar-refractivity contribution in [3.05, 3.63) is 46.5 Å². The summed E-state index contributed by atoms with van der Waals surface area (Å²) in [7, 11) is 1.80. The van der Waals surface area contributed by atoms with Crippen molar-refractivity contribution in [2.75, 3.05) is 0 Å². The summed E-state index contributed by atoms with van der Waals surface area (Å²) in [6, 6.07) is 5.62. The fourth-order valence-electron chi connectivity index (χ4n) is 1.69. The Kier molecular flexibility index (Phi) is 3.45. The van der Waals surface area contributed by atoms with Crippen LogP contribution in [0.15, 0.2) is 24.5 Å². The Hall–Kier alpha value is -1.39. The molecular weight excluding hydrogens is 238 g/mol. The maximum Gasteiger partial charge on any atom is 0.138 e. The zero-order chi connectivity index (χ0) is 12.4. The van der Waals surface area contributed by atoms with Gasteiger partial charge in [0.15, 0.2) is 0 Å². The van der Waals surface area contributed by atoms with Crippen LogP contribution in [0, 0.1) is 6.92 Å². The molecular formula is C12H14ClN3O. The van der Waals surface area contributed by atoms with Crippen LogP contribution in [0.4, 0.5) is 0 Å². The van der Waals surface area contributed by atoms with Gasteiger partial charge >= 0.3 is 0 Å². The first kappa shape index (κ1) is 12.1. The van der Waals surface area contributed by atoms with E-state index in [1.165, 1.54) is 6.33 Å². The lowest BCUT2D eigenvalue weighted by atomic mass is 10.0. The van der Waals surface area contributed by atoms with Gasteiger partial charge in [-0.25, -0.2) is 4.98 Å². The second-order valence-corrected chi connectivity index (χ2v) is 4.45. The van der Waals surface area contributed by atoms with Gasteiger partial charge in [-0.3, -0.25) is 4.68 Å². The number of aliphatic hydroxyl groups excluding tert-OH is 1. The summed E-state index contributed by atoms with van der Waals surface area (Å²) < 4.78 is 1.64. The summed E-state index contributed by atoms with van der Waals surface area (Å²) >= 11 is 6.10. The zero-order valence-corrected chi connectivity index (χ0v) is 10.5. The minimum absolute atomic E-state index is 0.402. The van der Waals surface area contributed by atoms with E-state index in [1.807, 2.05) is 25.1 Å². The molecule has 0 radical (unpaired) electrons. The van der Waals surface area contributed by atoms with Crippen LogP contribution in [0.2, 0.25) is 5.02 Å². The molecule has 1 N–H and O–H groups in total. The summed E-state index contributed by atoms with van der Waals surface area (Å²) in [4.78, 5) is 4.08. The molecule has 0 saturated heterocycles. The van der Waals surface area contributed by atoms with Crippen LogP contribution < -0.4 is 0 Å². The minimum atomic E-state index is -0.661. The van der Waals surface area contributed by atoms with Crippen molar-refractivity contribution in [3.8, 4) is 0 Å². The number of aliphatic hydroxyl groups is 1. The fourth-order valence-corrected chi connectivity index (χ4v) is 2.05. The number of hydrogen-bond acceptors (Lipinski definition) is 3. The molecule has 17 heavy (non-hydrogen) atoms. The molecule has 1 aromatic carbocycles. The third kappa shape index (κ3) is 2.65. The highest BCUT2D eigenvalue weighted by molar-refractivity contribution is 6.31. The van der Waals surface area contributed by atoms with Crippen molar-refractivity contribution >= 4 is 11.6 Å². The molecule has 1 aromatic heterocycles. The summed E-state index contributed by atoms with van der Waals surface area (Å²) in [5, 5.41) is 14.7. The summed E-state index contributed by atoms with van der Waals surface area (Å²) in [6.07, 6.45) is 1.21. The number of halogens is 1. The van der Waals surface area contributed by atoms with Gasteiger partial charge in [-0.2, -0.15) is 5.10 Å². The molecule has 0 aliphatic heterocycles. The van der Waals surface area contributed by atoms with Gasteiger partial charge in [-0.15, -0.1) is 0 Å². The third-order valence-corrected chi connectivity index (χ3v) is 3.02. The van der Waals surface area contributed by atoms with Gasteiger partial charge in [-0.05, 0) is 24.1 Å².